The Kier molecular flexibility index (Phi) is 3.92. The summed E-state index contributed by atoms with van der Waals surface area (Å²) in [6.45, 7) is 2.20. The van der Waals surface area contributed by atoms with E-state index in [-0.39, 0.29) is 17.7 Å². The van der Waals surface area contributed by atoms with Crippen LogP contribution in [-0.2, 0) is 22.4 Å². The maximum atomic E-state index is 12.9. The molecule has 2 N–H and O–H groups in total. The second kappa shape index (κ2) is 5.99. The molecule has 1 fully saturated rings. The molecule has 130 valence electrons. The summed E-state index contributed by atoms with van der Waals surface area (Å²) < 4.78 is 0. The number of amides is 1. The van der Waals surface area contributed by atoms with E-state index in [2.05, 4.69) is 18.3 Å². The predicted molar refractivity (Wildman–Crippen MR) is 94.2 cm³/mol. The number of carbonyl (C=O) groups is 2. The van der Waals surface area contributed by atoms with E-state index in [4.69, 9.17) is 0 Å². The Morgan fingerprint density at radius 1 is 1.32 bits per heavy atom. The van der Waals surface area contributed by atoms with Gasteiger partial charge in [-0.1, -0.05) is 19.1 Å². The van der Waals surface area contributed by atoms with E-state index in [1.807, 2.05) is 12.2 Å². The fourth-order valence-electron chi connectivity index (χ4n) is 4.67. The number of hydrogen-bond acceptors (Lipinski definition) is 4. The number of allylic oxidation sites excluding steroid dienone is 2. The molecule has 0 radical (unpaired) electrons. The first kappa shape index (κ1) is 16.3. The predicted octanol–water partition coefficient (Wildman–Crippen LogP) is 3.21. The van der Waals surface area contributed by atoms with Gasteiger partial charge in [0.25, 0.3) is 0 Å². The van der Waals surface area contributed by atoms with E-state index in [0.29, 0.717) is 16.5 Å². The first-order chi connectivity index (χ1) is 12.0. The van der Waals surface area contributed by atoms with Gasteiger partial charge in [-0.05, 0) is 49.0 Å². The zero-order valence-corrected chi connectivity index (χ0v) is 14.8. The van der Waals surface area contributed by atoms with Crippen molar-refractivity contribution in [3.8, 4) is 6.07 Å². The number of carboxylic acids is 1. The molecule has 1 saturated carbocycles. The van der Waals surface area contributed by atoms with Gasteiger partial charge in [-0.3, -0.25) is 9.59 Å². The molecule has 3 aliphatic rings. The number of aliphatic carboxylic acids is 1. The molecule has 2 bridgehead atoms. The average Bonchev–Trinajstić information content (AvgIpc) is 3.25. The lowest BCUT2D eigenvalue weighted by molar-refractivity contribution is -0.146. The maximum Gasteiger partial charge on any atom is 0.307 e. The molecule has 1 heterocycles. The Bertz CT molecular complexity index is 819. The zero-order chi connectivity index (χ0) is 17.7. The maximum absolute atomic E-state index is 12.9. The minimum atomic E-state index is -0.906. The summed E-state index contributed by atoms with van der Waals surface area (Å²) in [5.41, 5.74) is 1.65. The van der Waals surface area contributed by atoms with Gasteiger partial charge in [-0.2, -0.15) is 5.26 Å². The molecule has 25 heavy (non-hydrogen) atoms. The lowest BCUT2D eigenvalue weighted by atomic mass is 9.82. The van der Waals surface area contributed by atoms with Crippen molar-refractivity contribution in [3.63, 3.8) is 0 Å². The first-order valence-electron chi connectivity index (χ1n) is 8.76. The number of carbonyl (C=O) groups excluding carboxylic acids is 1. The molecule has 3 aliphatic carbocycles. The molecule has 1 aromatic heterocycles. The van der Waals surface area contributed by atoms with Crippen molar-refractivity contribution in [1.82, 2.24) is 0 Å². The van der Waals surface area contributed by atoms with Gasteiger partial charge in [0.15, 0.2) is 0 Å². The highest BCUT2D eigenvalue weighted by Gasteiger charge is 2.51. The Morgan fingerprint density at radius 3 is 2.72 bits per heavy atom. The Labute approximate surface area is 150 Å². The number of carboxylic acid groups (broad SMARTS) is 1. The van der Waals surface area contributed by atoms with Crippen LogP contribution in [-0.4, -0.2) is 17.0 Å². The highest BCUT2D eigenvalue weighted by Crippen LogP contribution is 2.49. The van der Waals surface area contributed by atoms with Crippen molar-refractivity contribution in [3.05, 3.63) is 28.2 Å². The summed E-state index contributed by atoms with van der Waals surface area (Å²) in [6, 6.07) is 2.25. The standard InChI is InChI=1S/C19H20N2O3S/c1-9-2-5-12-13(8-20)18(25-14(12)6-9)21-17(22)15-10-3-4-11(7-10)16(15)19(23)24/h3-4,9-11,15-16H,2,5-7H2,1H3,(H,21,22)(H,23,24). The first-order valence-corrected chi connectivity index (χ1v) is 9.58. The van der Waals surface area contributed by atoms with Crippen LogP contribution >= 0.6 is 11.3 Å². The molecule has 0 saturated heterocycles. The molecule has 6 heteroatoms. The van der Waals surface area contributed by atoms with Crippen LogP contribution < -0.4 is 5.32 Å². The molecule has 4 rings (SSSR count). The van der Waals surface area contributed by atoms with Crippen LogP contribution in [0.5, 0.6) is 0 Å². The molecular formula is C19H20N2O3S. The van der Waals surface area contributed by atoms with Gasteiger partial charge in [-0.25, -0.2) is 0 Å². The van der Waals surface area contributed by atoms with Crippen LogP contribution in [0.4, 0.5) is 5.00 Å². The summed E-state index contributed by atoms with van der Waals surface area (Å²) in [4.78, 5) is 25.7. The van der Waals surface area contributed by atoms with Crippen molar-refractivity contribution in [2.24, 2.45) is 29.6 Å². The number of nitrogens with zero attached hydrogens (tertiary/aromatic N) is 1. The number of nitrogens with one attached hydrogen (secondary N) is 1. The minimum Gasteiger partial charge on any atom is -0.481 e. The van der Waals surface area contributed by atoms with Crippen LogP contribution in [0, 0.1) is 40.9 Å². The van der Waals surface area contributed by atoms with Gasteiger partial charge in [0.05, 0.1) is 17.4 Å². The number of hydrogen-bond donors (Lipinski definition) is 2. The molecule has 5 atom stereocenters. The molecule has 5 unspecified atom stereocenters. The quantitative estimate of drug-likeness (QED) is 0.814. The summed E-state index contributed by atoms with van der Waals surface area (Å²) in [5.74, 6) is -1.83. The van der Waals surface area contributed by atoms with Crippen LogP contribution in [0.1, 0.15) is 35.8 Å². The molecule has 0 aromatic carbocycles. The zero-order valence-electron chi connectivity index (χ0n) is 14.0. The molecule has 1 aromatic rings. The van der Waals surface area contributed by atoms with E-state index >= 15 is 0 Å². The second-order valence-electron chi connectivity index (χ2n) is 7.50. The average molecular weight is 356 g/mol. The fraction of sp³-hybridized carbons (Fsp3) is 0.526. The van der Waals surface area contributed by atoms with E-state index < -0.39 is 17.8 Å². The number of fused-ring (bicyclic) bond motifs is 3. The molecular weight excluding hydrogens is 336 g/mol. The summed E-state index contributed by atoms with van der Waals surface area (Å²) in [5, 5.41) is 22.6. The number of anilines is 1. The SMILES string of the molecule is CC1CCc2c(sc(NC(=O)C3C4C=CC(C4)C3C(=O)O)c2C#N)C1. The minimum absolute atomic E-state index is 0.00811. The van der Waals surface area contributed by atoms with Crippen molar-refractivity contribution in [1.29, 1.82) is 5.26 Å². The topological polar surface area (TPSA) is 90.2 Å². The van der Waals surface area contributed by atoms with Crippen LogP contribution in [0.15, 0.2) is 12.2 Å². The van der Waals surface area contributed by atoms with Gasteiger partial charge >= 0.3 is 5.97 Å². The molecule has 0 spiro atoms. The van der Waals surface area contributed by atoms with Crippen LogP contribution in [0.2, 0.25) is 0 Å². The van der Waals surface area contributed by atoms with Gasteiger partial charge in [0.2, 0.25) is 5.91 Å². The lowest BCUT2D eigenvalue weighted by Crippen LogP contribution is -2.36. The van der Waals surface area contributed by atoms with E-state index in [1.165, 1.54) is 16.2 Å². The number of thiophene rings is 1. The lowest BCUT2D eigenvalue weighted by Gasteiger charge is -2.23. The van der Waals surface area contributed by atoms with Crippen LogP contribution in [0.25, 0.3) is 0 Å². The summed E-state index contributed by atoms with van der Waals surface area (Å²) in [7, 11) is 0. The van der Waals surface area contributed by atoms with Gasteiger partial charge in [-0.15, -0.1) is 11.3 Å². The van der Waals surface area contributed by atoms with E-state index in [1.54, 1.807) is 0 Å². The second-order valence-corrected chi connectivity index (χ2v) is 8.60. The van der Waals surface area contributed by atoms with Crippen molar-refractivity contribution < 1.29 is 14.7 Å². The van der Waals surface area contributed by atoms with E-state index in [9.17, 15) is 20.0 Å². The Hall–Kier alpha value is -2.13. The van der Waals surface area contributed by atoms with Gasteiger partial charge in [0.1, 0.15) is 11.1 Å². The van der Waals surface area contributed by atoms with Crippen molar-refractivity contribution in [2.75, 3.05) is 5.32 Å². The third kappa shape index (κ3) is 2.58. The largest absolute Gasteiger partial charge is 0.481 e. The van der Waals surface area contributed by atoms with Gasteiger partial charge < -0.3 is 10.4 Å². The molecule has 5 nitrogen and oxygen atoms in total. The number of nitriles is 1. The van der Waals surface area contributed by atoms with Crippen LogP contribution in [0.3, 0.4) is 0 Å². The van der Waals surface area contributed by atoms with E-state index in [0.717, 1.165) is 31.2 Å². The fourth-order valence-corrected chi connectivity index (χ4v) is 6.03. The summed E-state index contributed by atoms with van der Waals surface area (Å²) in [6.07, 6.45) is 7.52. The monoisotopic (exact) mass is 356 g/mol. The van der Waals surface area contributed by atoms with Crippen molar-refractivity contribution >= 4 is 28.2 Å². The third-order valence-corrected chi connectivity index (χ3v) is 7.08. The summed E-state index contributed by atoms with van der Waals surface area (Å²) >= 11 is 1.49. The Morgan fingerprint density at radius 2 is 2.04 bits per heavy atom. The Balaban J connectivity index is 1.61. The highest BCUT2D eigenvalue weighted by molar-refractivity contribution is 7.16. The van der Waals surface area contributed by atoms with Gasteiger partial charge in [0, 0.05) is 4.88 Å². The number of rotatable bonds is 3. The smallest absolute Gasteiger partial charge is 0.307 e. The molecule has 0 aliphatic heterocycles. The molecule has 1 amide bonds. The highest BCUT2D eigenvalue weighted by atomic mass is 32.1. The normalized spacial score (nSPS) is 32.2. The van der Waals surface area contributed by atoms with Crippen molar-refractivity contribution in [2.45, 2.75) is 32.6 Å². The third-order valence-electron chi connectivity index (χ3n) is 5.91.